The third kappa shape index (κ3) is 75.8. The molecule has 0 aliphatic carbocycles. The first kappa shape index (κ1) is 99.5. The van der Waals surface area contributed by atoms with Gasteiger partial charge < -0.3 is 33.8 Å². The van der Waals surface area contributed by atoms with Crippen LogP contribution in [0.5, 0.6) is 0 Å². The van der Waals surface area contributed by atoms with Crippen molar-refractivity contribution in [1.82, 2.24) is 0 Å². The van der Waals surface area contributed by atoms with Gasteiger partial charge in [0.15, 0.2) is 12.2 Å². The van der Waals surface area contributed by atoms with E-state index < -0.39 is 97.5 Å². The van der Waals surface area contributed by atoms with Gasteiger partial charge in [0, 0.05) is 25.7 Å². The largest absolute Gasteiger partial charge is 0.472 e. The Labute approximate surface area is 624 Å². The molecule has 0 aliphatic rings. The first-order valence-electron chi connectivity index (χ1n) is 42.6. The summed E-state index contributed by atoms with van der Waals surface area (Å²) in [7, 11) is -9.93. The molecule has 0 bridgehead atoms. The van der Waals surface area contributed by atoms with Crippen LogP contribution in [0.1, 0.15) is 426 Å². The van der Waals surface area contributed by atoms with Gasteiger partial charge in [-0.05, 0) is 51.4 Å². The van der Waals surface area contributed by atoms with Crippen LogP contribution >= 0.6 is 15.6 Å². The number of carbonyl (C=O) groups is 4. The molecule has 0 saturated heterocycles. The number of rotatable bonds is 82. The minimum absolute atomic E-state index is 0.0853. The molecule has 3 N–H and O–H groups in total. The van der Waals surface area contributed by atoms with Crippen molar-refractivity contribution in [2.45, 2.75) is 444 Å². The van der Waals surface area contributed by atoms with Gasteiger partial charge in [0.25, 0.3) is 0 Å². The molecule has 0 heterocycles. The van der Waals surface area contributed by atoms with Gasteiger partial charge >= 0.3 is 39.5 Å². The predicted octanol–water partition coefficient (Wildman–Crippen LogP) is 24.9. The number of aliphatic hydroxyl groups excluding tert-OH is 1. The number of allylic oxidation sites excluding steroid dienone is 4. The van der Waals surface area contributed by atoms with Crippen molar-refractivity contribution < 1.29 is 80.2 Å². The SMILES string of the molecule is CCCCCC/C=C\C=C/CCCCCCCC(=O)O[C@H](COC(=O)CCCCCCCCC)COP(=O)(O)OC[C@H](O)COP(=O)(O)OC[C@@H](COC(=O)CCCCCCCCCCCCCCCCCCCCC)OC(=O)CCCCCCCCCCCCCCCCCCCCCCC. The van der Waals surface area contributed by atoms with Gasteiger partial charge in [-0.15, -0.1) is 0 Å². The number of carbonyl (C=O) groups excluding carboxylic acids is 4. The van der Waals surface area contributed by atoms with E-state index in [9.17, 15) is 43.2 Å². The summed E-state index contributed by atoms with van der Waals surface area (Å²) in [6.45, 7) is 4.92. The van der Waals surface area contributed by atoms with Crippen molar-refractivity contribution in [2.24, 2.45) is 0 Å². The number of ether oxygens (including phenoxy) is 4. The number of phosphoric acid groups is 2. The molecular weight excluding hydrogens is 1330 g/mol. The zero-order valence-corrected chi connectivity index (χ0v) is 67.9. The molecule has 0 rings (SSSR count). The third-order valence-electron chi connectivity index (χ3n) is 19.0. The Morgan fingerprint density at radius 2 is 0.471 bits per heavy atom. The molecule has 5 atom stereocenters. The van der Waals surface area contributed by atoms with E-state index in [1.54, 1.807) is 0 Å². The van der Waals surface area contributed by atoms with E-state index in [1.807, 2.05) is 0 Å². The number of hydrogen-bond donors (Lipinski definition) is 3. The Morgan fingerprint density at radius 1 is 0.275 bits per heavy atom. The monoisotopic (exact) mass is 1490 g/mol. The molecule has 2 unspecified atom stereocenters. The topological polar surface area (TPSA) is 237 Å². The fraction of sp³-hybridized carbons (Fsp3) is 0.904. The van der Waals surface area contributed by atoms with Crippen LogP contribution in [-0.4, -0.2) is 96.7 Å². The number of hydrogen-bond acceptors (Lipinski definition) is 15. The number of phosphoric ester groups is 2. The van der Waals surface area contributed by atoms with Crippen LogP contribution in [0.4, 0.5) is 0 Å². The zero-order chi connectivity index (χ0) is 74.6. The normalized spacial score (nSPS) is 13.9. The summed E-state index contributed by atoms with van der Waals surface area (Å²) in [5.74, 6) is -2.14. The molecule has 0 spiro atoms. The lowest BCUT2D eigenvalue weighted by Gasteiger charge is -2.21. The lowest BCUT2D eigenvalue weighted by atomic mass is 10.0. The number of esters is 4. The molecule has 0 saturated carbocycles. The highest BCUT2D eigenvalue weighted by atomic mass is 31.2. The maximum atomic E-state index is 13.1. The summed E-state index contributed by atoms with van der Waals surface area (Å²) in [6.07, 6.45) is 73.3. The second-order valence-electron chi connectivity index (χ2n) is 29.2. The van der Waals surface area contributed by atoms with Gasteiger partial charge in [0.1, 0.15) is 19.3 Å². The molecule has 102 heavy (non-hydrogen) atoms. The minimum Gasteiger partial charge on any atom is -0.462 e. The van der Waals surface area contributed by atoms with Gasteiger partial charge in [0.2, 0.25) is 0 Å². The lowest BCUT2D eigenvalue weighted by molar-refractivity contribution is -0.161. The zero-order valence-electron chi connectivity index (χ0n) is 66.1. The molecule has 0 amide bonds. The first-order valence-corrected chi connectivity index (χ1v) is 45.6. The average molecular weight is 1490 g/mol. The van der Waals surface area contributed by atoms with Crippen molar-refractivity contribution in [3.8, 4) is 0 Å². The second-order valence-corrected chi connectivity index (χ2v) is 32.1. The van der Waals surface area contributed by atoms with Crippen LogP contribution in [0.2, 0.25) is 0 Å². The van der Waals surface area contributed by atoms with E-state index in [4.69, 9.17) is 37.0 Å². The predicted molar refractivity (Wildman–Crippen MR) is 418 cm³/mol. The molecule has 602 valence electrons. The van der Waals surface area contributed by atoms with Crippen LogP contribution in [0.25, 0.3) is 0 Å². The van der Waals surface area contributed by atoms with Crippen molar-refractivity contribution in [2.75, 3.05) is 39.6 Å². The van der Waals surface area contributed by atoms with Gasteiger partial charge in [-0.3, -0.25) is 37.3 Å². The number of aliphatic hydroxyl groups is 1. The van der Waals surface area contributed by atoms with Crippen molar-refractivity contribution in [3.63, 3.8) is 0 Å². The Bertz CT molecular complexity index is 2020. The summed E-state index contributed by atoms with van der Waals surface area (Å²) < 4.78 is 68.6. The molecule has 0 aromatic heterocycles. The van der Waals surface area contributed by atoms with Gasteiger partial charge in [-0.25, -0.2) is 9.13 Å². The molecule has 0 aliphatic heterocycles. The quantitative estimate of drug-likeness (QED) is 0.0169. The Morgan fingerprint density at radius 3 is 0.716 bits per heavy atom. The van der Waals surface area contributed by atoms with Crippen LogP contribution < -0.4 is 0 Å². The van der Waals surface area contributed by atoms with E-state index in [0.29, 0.717) is 25.7 Å². The van der Waals surface area contributed by atoms with Crippen molar-refractivity contribution >= 4 is 39.5 Å². The highest BCUT2D eigenvalue weighted by molar-refractivity contribution is 7.47. The van der Waals surface area contributed by atoms with Crippen molar-refractivity contribution in [1.29, 1.82) is 0 Å². The van der Waals surface area contributed by atoms with E-state index in [0.717, 1.165) is 116 Å². The highest BCUT2D eigenvalue weighted by Gasteiger charge is 2.30. The standard InChI is InChI=1S/C83H158O17P2/c1-5-9-13-17-21-24-27-30-33-35-37-38-40-42-45-48-51-54-58-62-66-70-83(88)100-79(74-94-81(86)68-64-60-56-52-49-46-44-41-39-36-34-31-28-25-22-18-14-10-6-2)76-98-102(91,92)96-72-77(84)71-95-101(89,90)97-75-78(73-93-80(85)67-63-59-55-20-16-12-8-4)99-82(87)69-65-61-57-53-50-47-43-32-29-26-23-19-15-11-7-3/h26,29,32,43,77-79,84H,5-25,27-28,30-31,33-42,44-76H2,1-4H3,(H,89,90)(H,91,92)/b29-26-,43-32-/t77-,78+,79+/m0/s1. The highest BCUT2D eigenvalue weighted by Crippen LogP contribution is 2.45. The van der Waals surface area contributed by atoms with Gasteiger partial charge in [-0.2, -0.15) is 0 Å². The molecule has 0 aromatic carbocycles. The first-order chi connectivity index (χ1) is 49.7. The van der Waals surface area contributed by atoms with Crippen LogP contribution in [0, 0.1) is 0 Å². The van der Waals surface area contributed by atoms with Gasteiger partial charge in [0.05, 0.1) is 26.4 Å². The molecular formula is C83H158O17P2. The van der Waals surface area contributed by atoms with E-state index in [-0.39, 0.29) is 25.7 Å². The molecule has 0 radical (unpaired) electrons. The van der Waals surface area contributed by atoms with Crippen LogP contribution in [-0.2, 0) is 65.4 Å². The second kappa shape index (κ2) is 76.7. The summed E-state index contributed by atoms with van der Waals surface area (Å²) in [5, 5.41) is 10.6. The summed E-state index contributed by atoms with van der Waals surface area (Å²) in [4.78, 5) is 72.9. The smallest absolute Gasteiger partial charge is 0.462 e. The fourth-order valence-corrected chi connectivity index (χ4v) is 14.0. The average Bonchev–Trinajstić information content (AvgIpc) is 0.932. The minimum atomic E-state index is -4.97. The molecule has 19 heteroatoms. The Kier molecular flexibility index (Phi) is 74.9. The molecule has 0 fully saturated rings. The fourth-order valence-electron chi connectivity index (χ4n) is 12.5. The molecule has 17 nitrogen and oxygen atoms in total. The maximum absolute atomic E-state index is 13.1. The van der Waals surface area contributed by atoms with Crippen LogP contribution in [0.3, 0.4) is 0 Å². The van der Waals surface area contributed by atoms with Crippen molar-refractivity contribution in [3.05, 3.63) is 24.3 Å². The number of unbranched alkanes of at least 4 members (excludes halogenated alkanes) is 53. The Hall–Kier alpha value is -2.46. The van der Waals surface area contributed by atoms with Gasteiger partial charge in [-0.1, -0.05) is 373 Å². The lowest BCUT2D eigenvalue weighted by Crippen LogP contribution is -2.30. The van der Waals surface area contributed by atoms with Crippen LogP contribution in [0.15, 0.2) is 24.3 Å². The summed E-state index contributed by atoms with van der Waals surface area (Å²) in [6, 6.07) is 0. The Balaban J connectivity index is 5.19. The van der Waals surface area contributed by atoms with E-state index >= 15 is 0 Å². The molecule has 0 aromatic rings. The van der Waals surface area contributed by atoms with E-state index in [2.05, 4.69) is 52.0 Å². The summed E-state index contributed by atoms with van der Waals surface area (Å²) in [5.41, 5.74) is 0. The maximum Gasteiger partial charge on any atom is 0.472 e. The third-order valence-corrected chi connectivity index (χ3v) is 20.9. The van der Waals surface area contributed by atoms with E-state index in [1.165, 1.54) is 231 Å². The summed E-state index contributed by atoms with van der Waals surface area (Å²) >= 11 is 0.